The van der Waals surface area contributed by atoms with Gasteiger partial charge in [-0.15, -0.1) is 0 Å². The quantitative estimate of drug-likeness (QED) is 0.638. The van der Waals surface area contributed by atoms with E-state index in [9.17, 15) is 4.79 Å². The smallest absolute Gasteiger partial charge is 0.258 e. The molecule has 3 nitrogen and oxygen atoms in total. The summed E-state index contributed by atoms with van der Waals surface area (Å²) in [5.41, 5.74) is 2.88. The van der Waals surface area contributed by atoms with Crippen molar-refractivity contribution in [2.24, 2.45) is 0 Å². The number of carbonyl (C=O) groups excluding carboxylic acids is 1. The number of thiazole rings is 1. The monoisotopic (exact) mass is 408 g/mol. The summed E-state index contributed by atoms with van der Waals surface area (Å²) in [7, 11) is 0. The third kappa shape index (κ3) is 3.08. The van der Waals surface area contributed by atoms with Crippen LogP contribution in [-0.4, -0.2) is 10.9 Å². The van der Waals surface area contributed by atoms with E-state index in [1.807, 2.05) is 30.3 Å². The number of aromatic nitrogens is 1. The molecule has 0 atom stereocenters. The van der Waals surface area contributed by atoms with Crippen LogP contribution < -0.4 is 5.32 Å². The minimum Gasteiger partial charge on any atom is -0.298 e. The van der Waals surface area contributed by atoms with Crippen LogP contribution in [0.15, 0.2) is 42.5 Å². The fraction of sp³-hybridized carbons (Fsp3) is 0.125. The number of fused-ring (bicyclic) bond motifs is 1. The fourth-order valence-electron chi connectivity index (χ4n) is 2.05. The molecular formula is C16H13IN2OS. The van der Waals surface area contributed by atoms with E-state index in [1.165, 1.54) is 16.9 Å². The van der Waals surface area contributed by atoms with Gasteiger partial charge in [-0.1, -0.05) is 36.5 Å². The molecule has 21 heavy (non-hydrogen) atoms. The van der Waals surface area contributed by atoms with E-state index in [-0.39, 0.29) is 5.91 Å². The molecule has 3 aromatic rings. The standard InChI is InChI=1S/C16H13IN2OS/c1-2-10-7-8-13-14(9-10)21-16(18-13)19-15(20)11-5-3-4-6-12(11)17/h3-9H,2H2,1H3,(H,18,19,20). The van der Waals surface area contributed by atoms with Gasteiger partial charge in [0.2, 0.25) is 0 Å². The maximum atomic E-state index is 12.3. The normalized spacial score (nSPS) is 10.8. The first-order valence-electron chi connectivity index (χ1n) is 6.62. The van der Waals surface area contributed by atoms with Crippen LogP contribution in [0, 0.1) is 3.57 Å². The molecule has 0 aliphatic heterocycles. The second kappa shape index (κ2) is 6.11. The highest BCUT2D eigenvalue weighted by atomic mass is 127. The minimum absolute atomic E-state index is 0.116. The van der Waals surface area contributed by atoms with E-state index in [0.717, 1.165) is 20.2 Å². The van der Waals surface area contributed by atoms with Gasteiger partial charge in [-0.05, 0) is 58.8 Å². The average Bonchev–Trinajstić information content (AvgIpc) is 2.88. The lowest BCUT2D eigenvalue weighted by Crippen LogP contribution is -2.12. The Labute approximate surface area is 140 Å². The molecule has 0 aliphatic rings. The largest absolute Gasteiger partial charge is 0.298 e. The number of anilines is 1. The maximum absolute atomic E-state index is 12.3. The number of carbonyl (C=O) groups is 1. The van der Waals surface area contributed by atoms with Gasteiger partial charge >= 0.3 is 0 Å². The van der Waals surface area contributed by atoms with Gasteiger partial charge in [-0.3, -0.25) is 10.1 Å². The van der Waals surface area contributed by atoms with Gasteiger partial charge in [0.15, 0.2) is 5.13 Å². The molecule has 1 amide bonds. The first-order chi connectivity index (χ1) is 10.2. The second-order valence-electron chi connectivity index (χ2n) is 4.61. The molecule has 0 fully saturated rings. The molecule has 1 N–H and O–H groups in total. The number of benzene rings is 2. The van der Waals surface area contributed by atoms with Gasteiger partial charge in [0, 0.05) is 3.57 Å². The number of aryl methyl sites for hydroxylation is 1. The highest BCUT2D eigenvalue weighted by Crippen LogP contribution is 2.27. The number of hydrogen-bond donors (Lipinski definition) is 1. The van der Waals surface area contributed by atoms with E-state index in [2.05, 4.69) is 51.9 Å². The number of halogens is 1. The number of hydrogen-bond acceptors (Lipinski definition) is 3. The third-order valence-electron chi connectivity index (χ3n) is 3.20. The van der Waals surface area contributed by atoms with Crippen molar-refractivity contribution in [3.8, 4) is 0 Å². The fourth-order valence-corrected chi connectivity index (χ4v) is 3.61. The summed E-state index contributed by atoms with van der Waals surface area (Å²) in [4.78, 5) is 16.8. The first-order valence-corrected chi connectivity index (χ1v) is 8.52. The Hall–Kier alpha value is -1.47. The van der Waals surface area contributed by atoms with Gasteiger partial charge < -0.3 is 0 Å². The van der Waals surface area contributed by atoms with Crippen LogP contribution in [0.2, 0.25) is 0 Å². The molecular weight excluding hydrogens is 395 g/mol. The molecule has 3 rings (SSSR count). The van der Waals surface area contributed by atoms with Crippen LogP contribution in [0.1, 0.15) is 22.8 Å². The van der Waals surface area contributed by atoms with Gasteiger partial charge in [0.25, 0.3) is 5.91 Å². The van der Waals surface area contributed by atoms with Crippen LogP contribution in [0.3, 0.4) is 0 Å². The topological polar surface area (TPSA) is 42.0 Å². The van der Waals surface area contributed by atoms with Crippen molar-refractivity contribution in [2.75, 3.05) is 5.32 Å². The Morgan fingerprint density at radius 3 is 2.86 bits per heavy atom. The Balaban J connectivity index is 1.88. The maximum Gasteiger partial charge on any atom is 0.258 e. The van der Waals surface area contributed by atoms with Crippen molar-refractivity contribution in [3.05, 3.63) is 57.2 Å². The average molecular weight is 408 g/mol. The zero-order valence-electron chi connectivity index (χ0n) is 11.4. The van der Waals surface area contributed by atoms with E-state index in [4.69, 9.17) is 0 Å². The zero-order chi connectivity index (χ0) is 14.8. The molecule has 0 aliphatic carbocycles. The lowest BCUT2D eigenvalue weighted by molar-refractivity contribution is 0.102. The van der Waals surface area contributed by atoms with E-state index < -0.39 is 0 Å². The highest BCUT2D eigenvalue weighted by molar-refractivity contribution is 14.1. The van der Waals surface area contributed by atoms with Crippen molar-refractivity contribution in [2.45, 2.75) is 13.3 Å². The summed E-state index contributed by atoms with van der Waals surface area (Å²) in [6.45, 7) is 2.13. The molecule has 5 heteroatoms. The van der Waals surface area contributed by atoms with Crippen molar-refractivity contribution >= 4 is 55.2 Å². The van der Waals surface area contributed by atoms with Gasteiger partial charge in [0.1, 0.15) is 0 Å². The van der Waals surface area contributed by atoms with Crippen molar-refractivity contribution in [1.29, 1.82) is 0 Å². The summed E-state index contributed by atoms with van der Waals surface area (Å²) in [5.74, 6) is -0.116. The highest BCUT2D eigenvalue weighted by Gasteiger charge is 2.12. The SMILES string of the molecule is CCc1ccc2nc(NC(=O)c3ccccc3I)sc2c1. The molecule has 0 saturated carbocycles. The predicted octanol–water partition coefficient (Wildman–Crippen LogP) is 4.72. The molecule has 1 aromatic heterocycles. The molecule has 0 radical (unpaired) electrons. The Kier molecular flexibility index (Phi) is 4.21. The van der Waals surface area contributed by atoms with Gasteiger partial charge in [-0.25, -0.2) is 4.98 Å². The van der Waals surface area contributed by atoms with Crippen molar-refractivity contribution in [1.82, 2.24) is 4.98 Å². The summed E-state index contributed by atoms with van der Waals surface area (Å²) >= 11 is 3.67. The zero-order valence-corrected chi connectivity index (χ0v) is 14.4. The predicted molar refractivity (Wildman–Crippen MR) is 96.1 cm³/mol. The van der Waals surface area contributed by atoms with Crippen LogP contribution in [0.5, 0.6) is 0 Å². The Morgan fingerprint density at radius 2 is 2.10 bits per heavy atom. The number of amides is 1. The molecule has 0 bridgehead atoms. The number of rotatable bonds is 3. The van der Waals surface area contributed by atoms with E-state index in [1.54, 1.807) is 0 Å². The Morgan fingerprint density at radius 1 is 1.29 bits per heavy atom. The molecule has 106 valence electrons. The minimum atomic E-state index is -0.116. The van der Waals surface area contributed by atoms with Crippen LogP contribution in [-0.2, 0) is 6.42 Å². The molecule has 0 saturated heterocycles. The first kappa shape index (κ1) is 14.5. The molecule has 2 aromatic carbocycles. The molecule has 0 unspecified atom stereocenters. The van der Waals surface area contributed by atoms with Gasteiger partial charge in [0.05, 0.1) is 15.8 Å². The summed E-state index contributed by atoms with van der Waals surface area (Å²) < 4.78 is 2.04. The van der Waals surface area contributed by atoms with Gasteiger partial charge in [-0.2, -0.15) is 0 Å². The van der Waals surface area contributed by atoms with E-state index >= 15 is 0 Å². The lowest BCUT2D eigenvalue weighted by atomic mass is 10.2. The van der Waals surface area contributed by atoms with Crippen molar-refractivity contribution < 1.29 is 4.79 Å². The van der Waals surface area contributed by atoms with Crippen LogP contribution in [0.25, 0.3) is 10.2 Å². The molecule has 0 spiro atoms. The Bertz CT molecular complexity index is 813. The summed E-state index contributed by atoms with van der Waals surface area (Å²) in [6.07, 6.45) is 0.998. The number of nitrogens with one attached hydrogen (secondary N) is 1. The third-order valence-corrected chi connectivity index (χ3v) is 5.07. The second-order valence-corrected chi connectivity index (χ2v) is 6.80. The van der Waals surface area contributed by atoms with E-state index in [0.29, 0.717) is 10.7 Å². The number of nitrogens with zero attached hydrogens (tertiary/aromatic N) is 1. The van der Waals surface area contributed by atoms with Crippen LogP contribution >= 0.6 is 33.9 Å². The lowest BCUT2D eigenvalue weighted by Gasteiger charge is -2.03. The summed E-state index contributed by atoms with van der Waals surface area (Å²) in [6, 6.07) is 13.7. The molecule has 1 heterocycles. The summed E-state index contributed by atoms with van der Waals surface area (Å²) in [5, 5.41) is 3.53. The van der Waals surface area contributed by atoms with Crippen molar-refractivity contribution in [3.63, 3.8) is 0 Å². The van der Waals surface area contributed by atoms with Crippen LogP contribution in [0.4, 0.5) is 5.13 Å².